The average molecular weight is 440 g/mol. The number of nitrogens with zero attached hydrogens (tertiary/aromatic N) is 5. The minimum absolute atomic E-state index is 0.0931. The van der Waals surface area contributed by atoms with E-state index in [1.807, 2.05) is 12.1 Å². The molecule has 2 fully saturated rings. The van der Waals surface area contributed by atoms with E-state index in [4.69, 9.17) is 4.74 Å². The van der Waals surface area contributed by atoms with E-state index in [2.05, 4.69) is 30.4 Å². The van der Waals surface area contributed by atoms with Crippen LogP contribution in [-0.2, 0) is 4.74 Å². The van der Waals surface area contributed by atoms with Crippen LogP contribution < -0.4 is 15.5 Å². The fourth-order valence-electron chi connectivity index (χ4n) is 3.84. The van der Waals surface area contributed by atoms with Crippen molar-refractivity contribution in [2.45, 2.75) is 0 Å². The topological polar surface area (TPSA) is 103 Å². The minimum atomic E-state index is -0.316. The Labute approximate surface area is 187 Å². The first kappa shape index (κ1) is 22.0. The van der Waals surface area contributed by atoms with Crippen molar-refractivity contribution in [3.05, 3.63) is 48.3 Å². The molecule has 2 saturated heterocycles. The van der Waals surface area contributed by atoms with E-state index in [0.29, 0.717) is 44.1 Å². The SMILES string of the molecule is O=C(NCCN1CCN(c2ncccn2)CC1)Nc1ccccc1C(=O)N1CCOCC1. The van der Waals surface area contributed by atoms with Crippen molar-refractivity contribution in [2.75, 3.05) is 75.8 Å². The number of piperazine rings is 1. The van der Waals surface area contributed by atoms with E-state index in [-0.39, 0.29) is 11.9 Å². The summed E-state index contributed by atoms with van der Waals surface area (Å²) >= 11 is 0. The Balaban J connectivity index is 1.22. The van der Waals surface area contributed by atoms with Crippen LogP contribution in [0.4, 0.5) is 16.4 Å². The average Bonchev–Trinajstić information content (AvgIpc) is 2.85. The lowest BCUT2D eigenvalue weighted by atomic mass is 10.1. The molecule has 2 aliphatic rings. The molecule has 0 unspecified atom stereocenters. The quantitative estimate of drug-likeness (QED) is 0.689. The zero-order valence-electron chi connectivity index (χ0n) is 18.1. The smallest absolute Gasteiger partial charge is 0.319 e. The number of carbonyl (C=O) groups excluding carboxylic acids is 2. The van der Waals surface area contributed by atoms with Crippen LogP contribution >= 0.6 is 0 Å². The van der Waals surface area contributed by atoms with Gasteiger partial charge < -0.3 is 25.2 Å². The van der Waals surface area contributed by atoms with Gasteiger partial charge in [-0.2, -0.15) is 0 Å². The number of urea groups is 1. The molecule has 1 aromatic carbocycles. The van der Waals surface area contributed by atoms with Crippen LogP contribution in [0.25, 0.3) is 0 Å². The predicted molar refractivity (Wildman–Crippen MR) is 121 cm³/mol. The van der Waals surface area contributed by atoms with E-state index in [0.717, 1.165) is 38.7 Å². The Morgan fingerprint density at radius 3 is 2.41 bits per heavy atom. The lowest BCUT2D eigenvalue weighted by molar-refractivity contribution is 0.0303. The highest BCUT2D eigenvalue weighted by molar-refractivity contribution is 6.03. The van der Waals surface area contributed by atoms with Gasteiger partial charge in [0, 0.05) is 64.8 Å². The first-order valence-corrected chi connectivity index (χ1v) is 11.0. The van der Waals surface area contributed by atoms with E-state index in [1.165, 1.54) is 0 Å². The molecule has 32 heavy (non-hydrogen) atoms. The van der Waals surface area contributed by atoms with Gasteiger partial charge >= 0.3 is 6.03 Å². The van der Waals surface area contributed by atoms with Crippen molar-refractivity contribution in [1.29, 1.82) is 0 Å². The fourth-order valence-corrected chi connectivity index (χ4v) is 3.84. The Hall–Kier alpha value is -3.24. The maximum Gasteiger partial charge on any atom is 0.319 e. The highest BCUT2D eigenvalue weighted by Crippen LogP contribution is 2.18. The molecule has 0 atom stereocenters. The van der Waals surface area contributed by atoms with Crippen LogP contribution in [0.5, 0.6) is 0 Å². The van der Waals surface area contributed by atoms with Crippen molar-refractivity contribution < 1.29 is 14.3 Å². The first-order chi connectivity index (χ1) is 15.7. The summed E-state index contributed by atoms with van der Waals surface area (Å²) in [6, 6.07) is 8.59. The summed E-state index contributed by atoms with van der Waals surface area (Å²) in [6.07, 6.45) is 3.51. The molecule has 170 valence electrons. The number of morpholine rings is 1. The summed E-state index contributed by atoms with van der Waals surface area (Å²) in [5, 5.41) is 5.72. The van der Waals surface area contributed by atoms with E-state index in [9.17, 15) is 9.59 Å². The summed E-state index contributed by atoms with van der Waals surface area (Å²) in [5.41, 5.74) is 1.00. The first-order valence-electron chi connectivity index (χ1n) is 11.0. The number of carbonyl (C=O) groups is 2. The molecule has 3 heterocycles. The summed E-state index contributed by atoms with van der Waals surface area (Å²) < 4.78 is 5.32. The van der Waals surface area contributed by atoms with Gasteiger partial charge in [0.05, 0.1) is 24.5 Å². The summed E-state index contributed by atoms with van der Waals surface area (Å²) in [7, 11) is 0. The summed E-state index contributed by atoms with van der Waals surface area (Å²) in [5.74, 6) is 0.666. The number of para-hydroxylation sites is 1. The van der Waals surface area contributed by atoms with Crippen LogP contribution in [0.15, 0.2) is 42.7 Å². The van der Waals surface area contributed by atoms with E-state index >= 15 is 0 Å². The second-order valence-electron chi connectivity index (χ2n) is 7.71. The normalized spacial score (nSPS) is 17.1. The Bertz CT molecular complexity index is 897. The largest absolute Gasteiger partial charge is 0.378 e. The minimum Gasteiger partial charge on any atom is -0.378 e. The van der Waals surface area contributed by atoms with Crippen LogP contribution in [0.3, 0.4) is 0 Å². The van der Waals surface area contributed by atoms with Crippen molar-refractivity contribution in [3.8, 4) is 0 Å². The third-order valence-corrected chi connectivity index (χ3v) is 5.62. The molecule has 2 aromatic rings. The number of aromatic nitrogens is 2. The maximum absolute atomic E-state index is 12.8. The van der Waals surface area contributed by atoms with E-state index < -0.39 is 0 Å². The molecule has 3 amide bonds. The monoisotopic (exact) mass is 439 g/mol. The van der Waals surface area contributed by atoms with Crippen molar-refractivity contribution in [1.82, 2.24) is 25.1 Å². The lowest BCUT2D eigenvalue weighted by Crippen LogP contribution is -2.49. The maximum atomic E-state index is 12.8. The van der Waals surface area contributed by atoms with Gasteiger partial charge in [-0.1, -0.05) is 12.1 Å². The number of anilines is 2. The van der Waals surface area contributed by atoms with Gasteiger partial charge in [0.2, 0.25) is 5.95 Å². The third kappa shape index (κ3) is 5.71. The van der Waals surface area contributed by atoms with Gasteiger partial charge in [0.1, 0.15) is 0 Å². The molecule has 4 rings (SSSR count). The molecule has 10 heteroatoms. The molecule has 0 aliphatic carbocycles. The molecule has 2 N–H and O–H groups in total. The van der Waals surface area contributed by atoms with Crippen molar-refractivity contribution in [3.63, 3.8) is 0 Å². The standard InChI is InChI=1S/C22H29N7O3/c30-20(28-14-16-32-17-15-28)18-4-1-2-5-19(18)26-22(31)25-8-9-27-10-12-29(13-11-27)21-23-6-3-7-24-21/h1-7H,8-17H2,(H2,25,26,31). The predicted octanol–water partition coefficient (Wildman–Crippen LogP) is 0.893. The third-order valence-electron chi connectivity index (χ3n) is 5.62. The molecular formula is C22H29N7O3. The highest BCUT2D eigenvalue weighted by Gasteiger charge is 2.22. The fraction of sp³-hybridized carbons (Fsp3) is 0.455. The number of amides is 3. The molecule has 2 aliphatic heterocycles. The second-order valence-corrected chi connectivity index (χ2v) is 7.71. The van der Waals surface area contributed by atoms with Crippen LogP contribution in [0.1, 0.15) is 10.4 Å². The summed E-state index contributed by atoms with van der Waals surface area (Å²) in [6.45, 7) is 6.95. The van der Waals surface area contributed by atoms with Gasteiger partial charge in [-0.15, -0.1) is 0 Å². The zero-order valence-corrected chi connectivity index (χ0v) is 18.1. The Kier molecular flexibility index (Phi) is 7.47. The van der Waals surface area contributed by atoms with Crippen LogP contribution in [0.2, 0.25) is 0 Å². The molecular weight excluding hydrogens is 410 g/mol. The highest BCUT2D eigenvalue weighted by atomic mass is 16.5. The van der Waals surface area contributed by atoms with Gasteiger partial charge in [-0.05, 0) is 18.2 Å². The van der Waals surface area contributed by atoms with Gasteiger partial charge in [0.15, 0.2) is 0 Å². The van der Waals surface area contributed by atoms with Gasteiger partial charge in [-0.3, -0.25) is 9.69 Å². The molecule has 1 aromatic heterocycles. The number of rotatable bonds is 6. The van der Waals surface area contributed by atoms with Gasteiger partial charge in [0.25, 0.3) is 5.91 Å². The van der Waals surface area contributed by atoms with Gasteiger partial charge in [-0.25, -0.2) is 14.8 Å². The Morgan fingerprint density at radius 1 is 0.938 bits per heavy atom. The Morgan fingerprint density at radius 2 is 1.66 bits per heavy atom. The molecule has 0 spiro atoms. The number of hydrogen-bond acceptors (Lipinski definition) is 7. The van der Waals surface area contributed by atoms with Crippen LogP contribution in [-0.4, -0.2) is 97.3 Å². The molecule has 10 nitrogen and oxygen atoms in total. The molecule has 0 bridgehead atoms. The summed E-state index contributed by atoms with van der Waals surface area (Å²) in [4.78, 5) is 40.1. The van der Waals surface area contributed by atoms with Crippen LogP contribution in [0, 0.1) is 0 Å². The number of ether oxygens (including phenoxy) is 1. The molecule has 0 radical (unpaired) electrons. The van der Waals surface area contributed by atoms with E-state index in [1.54, 1.807) is 35.5 Å². The lowest BCUT2D eigenvalue weighted by Gasteiger charge is -2.34. The number of hydrogen-bond donors (Lipinski definition) is 2. The van der Waals surface area contributed by atoms with Crippen molar-refractivity contribution >= 4 is 23.6 Å². The second kappa shape index (κ2) is 10.9. The number of benzene rings is 1. The zero-order chi connectivity index (χ0) is 22.2. The van der Waals surface area contributed by atoms with Crippen molar-refractivity contribution in [2.24, 2.45) is 0 Å². The number of nitrogens with one attached hydrogen (secondary N) is 2. The molecule has 0 saturated carbocycles.